The summed E-state index contributed by atoms with van der Waals surface area (Å²) in [6.45, 7) is -9.19. The lowest BCUT2D eigenvalue weighted by molar-refractivity contribution is -0.348. The summed E-state index contributed by atoms with van der Waals surface area (Å²) in [6, 6.07) is 0. The van der Waals surface area contributed by atoms with Crippen molar-refractivity contribution in [2.45, 2.75) is 67.3 Å². The highest BCUT2D eigenvalue weighted by Crippen LogP contribution is 2.49. The number of carbonyl (C=O) groups is 2. The fourth-order valence-corrected chi connectivity index (χ4v) is 2.15. The molecular formula is C17H16F16O6. The van der Waals surface area contributed by atoms with Gasteiger partial charge in [0.15, 0.2) is 0 Å². The van der Waals surface area contributed by atoms with Crippen LogP contribution in [0.25, 0.3) is 0 Å². The Labute approximate surface area is 206 Å². The number of aliphatic carboxylic acids is 1. The minimum absolute atomic E-state index is 1.01. The molecule has 0 radical (unpaired) electrons. The van der Waals surface area contributed by atoms with E-state index in [-0.39, 0.29) is 0 Å². The molecule has 39 heavy (non-hydrogen) atoms. The zero-order valence-corrected chi connectivity index (χ0v) is 18.5. The molecule has 6 nitrogen and oxygen atoms in total. The Balaban J connectivity index is 5.54. The Bertz CT molecular complexity index is 769. The largest absolute Gasteiger partial charge is 0.481 e. The van der Waals surface area contributed by atoms with Crippen molar-refractivity contribution in [1.82, 2.24) is 0 Å². The molecule has 0 aliphatic rings. The van der Waals surface area contributed by atoms with Crippen molar-refractivity contribution in [3.8, 4) is 0 Å². The zero-order valence-electron chi connectivity index (χ0n) is 18.5. The first-order valence-electron chi connectivity index (χ1n) is 9.68. The molecular weight excluding hydrogens is 604 g/mol. The van der Waals surface area contributed by atoms with Crippen molar-refractivity contribution >= 4 is 11.9 Å². The molecule has 0 amide bonds. The van der Waals surface area contributed by atoms with Gasteiger partial charge in [-0.15, -0.1) is 0 Å². The summed E-state index contributed by atoms with van der Waals surface area (Å²) in [4.78, 5) is 21.9. The fraction of sp³-hybridized carbons (Fsp3) is 0.882. The molecule has 0 bridgehead atoms. The van der Waals surface area contributed by atoms with Crippen molar-refractivity contribution < 1.29 is 99.2 Å². The highest BCUT2D eigenvalue weighted by Gasteiger charge is 2.76. The number of carbonyl (C=O) groups excluding carboxylic acids is 1. The number of esters is 1. The Morgan fingerprint density at radius 1 is 0.615 bits per heavy atom. The van der Waals surface area contributed by atoms with Crippen LogP contribution >= 0.6 is 0 Å². The zero-order chi connectivity index (χ0) is 31.3. The van der Waals surface area contributed by atoms with Gasteiger partial charge < -0.3 is 19.3 Å². The van der Waals surface area contributed by atoms with Crippen LogP contribution in [0, 0.1) is 0 Å². The van der Waals surface area contributed by atoms with E-state index in [1.165, 1.54) is 0 Å². The summed E-state index contributed by atoms with van der Waals surface area (Å²) < 4.78 is 219. The average molecular weight is 620 g/mol. The highest BCUT2D eigenvalue weighted by atomic mass is 19.4. The molecule has 0 aliphatic heterocycles. The summed E-state index contributed by atoms with van der Waals surface area (Å²) in [7, 11) is 0. The van der Waals surface area contributed by atoms with Crippen molar-refractivity contribution in [3.05, 3.63) is 0 Å². The lowest BCUT2D eigenvalue weighted by Crippen LogP contribution is -2.59. The van der Waals surface area contributed by atoms with Gasteiger partial charge in [-0.2, -0.15) is 52.7 Å². The average Bonchev–Trinajstić information content (AvgIpc) is 2.76. The van der Waals surface area contributed by atoms with Gasteiger partial charge >= 0.3 is 60.3 Å². The van der Waals surface area contributed by atoms with Gasteiger partial charge in [0.2, 0.25) is 0 Å². The van der Waals surface area contributed by atoms with E-state index < -0.39 is 106 Å². The molecule has 0 saturated heterocycles. The van der Waals surface area contributed by atoms with E-state index >= 15 is 0 Å². The van der Waals surface area contributed by atoms with Crippen LogP contribution in [0.4, 0.5) is 70.2 Å². The molecule has 22 heteroatoms. The Morgan fingerprint density at radius 2 is 0.949 bits per heavy atom. The van der Waals surface area contributed by atoms with Gasteiger partial charge in [0.25, 0.3) is 0 Å². The summed E-state index contributed by atoms with van der Waals surface area (Å²) in [5, 5.41) is 8.43. The van der Waals surface area contributed by atoms with Crippen LogP contribution in [-0.2, 0) is 23.8 Å². The second-order valence-electron chi connectivity index (χ2n) is 7.44. The quantitative estimate of drug-likeness (QED) is 0.169. The van der Waals surface area contributed by atoms with E-state index in [2.05, 4.69) is 14.2 Å². The molecule has 0 heterocycles. The minimum atomic E-state index is -6.76. The first-order chi connectivity index (χ1) is 17.3. The first-order valence-corrected chi connectivity index (χ1v) is 9.68. The Hall–Kier alpha value is -2.26. The molecule has 0 rings (SSSR count). The van der Waals surface area contributed by atoms with Crippen LogP contribution in [0.5, 0.6) is 0 Å². The number of hydrogen-bond acceptors (Lipinski definition) is 5. The summed E-state index contributed by atoms with van der Waals surface area (Å²) >= 11 is 0. The molecule has 0 spiro atoms. The van der Waals surface area contributed by atoms with E-state index in [4.69, 9.17) is 5.11 Å². The van der Waals surface area contributed by atoms with Crippen LogP contribution in [0.15, 0.2) is 0 Å². The summed E-state index contributed by atoms with van der Waals surface area (Å²) in [5.41, 5.74) is 0. The van der Waals surface area contributed by atoms with Gasteiger partial charge in [0.05, 0.1) is 26.1 Å². The van der Waals surface area contributed by atoms with Gasteiger partial charge in [-0.05, 0) is 0 Å². The fourth-order valence-electron chi connectivity index (χ4n) is 2.15. The van der Waals surface area contributed by atoms with E-state index in [9.17, 15) is 79.8 Å². The van der Waals surface area contributed by atoms with Gasteiger partial charge in [-0.25, -0.2) is 17.6 Å². The van der Waals surface area contributed by atoms with Crippen molar-refractivity contribution in [2.24, 2.45) is 0 Å². The first kappa shape index (κ1) is 36.7. The number of ether oxygens (including phenoxy) is 3. The molecule has 0 saturated carbocycles. The van der Waals surface area contributed by atoms with Gasteiger partial charge in [-0.3, -0.25) is 9.59 Å². The Morgan fingerprint density at radius 3 is 1.23 bits per heavy atom. The van der Waals surface area contributed by atoms with Crippen LogP contribution < -0.4 is 0 Å². The molecule has 0 unspecified atom stereocenters. The van der Waals surface area contributed by atoms with E-state index in [1.807, 2.05) is 0 Å². The van der Waals surface area contributed by atoms with Crippen molar-refractivity contribution in [3.63, 3.8) is 0 Å². The molecule has 0 fully saturated rings. The van der Waals surface area contributed by atoms with Crippen molar-refractivity contribution in [1.29, 1.82) is 0 Å². The predicted molar refractivity (Wildman–Crippen MR) is 90.1 cm³/mol. The van der Waals surface area contributed by atoms with Gasteiger partial charge in [-0.1, -0.05) is 0 Å². The highest BCUT2D eigenvalue weighted by molar-refractivity contribution is 5.76. The lowest BCUT2D eigenvalue weighted by Gasteiger charge is -2.32. The van der Waals surface area contributed by atoms with Crippen LogP contribution in [0.3, 0.4) is 0 Å². The third kappa shape index (κ3) is 8.61. The number of hydrogen-bond donors (Lipinski definition) is 1. The monoisotopic (exact) mass is 620 g/mol. The lowest BCUT2D eigenvalue weighted by atomic mass is 10.1. The minimum Gasteiger partial charge on any atom is -0.481 e. The maximum atomic E-state index is 13.5. The number of rotatable bonds is 18. The third-order valence-corrected chi connectivity index (χ3v) is 4.32. The van der Waals surface area contributed by atoms with Crippen LogP contribution in [0.2, 0.25) is 0 Å². The second kappa shape index (κ2) is 12.9. The molecule has 0 atom stereocenters. The molecule has 0 aromatic carbocycles. The number of alkyl halides is 16. The van der Waals surface area contributed by atoms with Crippen LogP contribution in [-0.4, -0.2) is 98.0 Å². The maximum absolute atomic E-state index is 13.5. The topological polar surface area (TPSA) is 82.1 Å². The smallest absolute Gasteiger partial charge is 0.380 e. The molecule has 232 valence electrons. The van der Waals surface area contributed by atoms with Gasteiger partial charge in [0, 0.05) is 0 Å². The SMILES string of the molecule is O=C(O)CCC(=O)OC(COCC(F)(F)C(F)(F)C(F)(F)C(F)F)COCC(F)(F)C(F)(F)C(F)(F)C(F)F. The van der Waals surface area contributed by atoms with E-state index in [0.29, 0.717) is 0 Å². The van der Waals surface area contributed by atoms with Gasteiger partial charge in [0.1, 0.15) is 19.3 Å². The van der Waals surface area contributed by atoms with Crippen LogP contribution in [0.1, 0.15) is 12.8 Å². The third-order valence-electron chi connectivity index (χ3n) is 4.32. The maximum Gasteiger partial charge on any atom is 0.380 e. The van der Waals surface area contributed by atoms with E-state index in [0.717, 1.165) is 0 Å². The summed E-state index contributed by atoms with van der Waals surface area (Å²) in [5.74, 6) is -42.2. The molecule has 1 N–H and O–H groups in total. The number of carboxylic acid groups (broad SMARTS) is 1. The second-order valence-corrected chi connectivity index (χ2v) is 7.44. The molecule has 0 aromatic heterocycles. The number of halogens is 16. The predicted octanol–water partition coefficient (Wildman–Crippen LogP) is 5.14. The molecule has 0 aliphatic carbocycles. The number of carboxylic acids is 1. The van der Waals surface area contributed by atoms with Crippen molar-refractivity contribution in [2.75, 3.05) is 26.4 Å². The molecule has 0 aromatic rings. The normalized spacial score (nSPS) is 14.4. The Kier molecular flexibility index (Phi) is 12.2. The standard InChI is InChI=1S/C17H16F16O6/c18-10(19)14(26,27)16(30,31)12(22,23)5-37-3-7(39-9(36)2-1-8(34)35)4-38-6-13(24,25)17(32,33)15(28,29)11(20)21/h7,10-11H,1-6H2,(H,34,35). The van der Waals surface area contributed by atoms with E-state index in [1.54, 1.807) is 0 Å². The summed E-state index contributed by atoms with van der Waals surface area (Å²) in [6.07, 6.45) is -15.1.